The van der Waals surface area contributed by atoms with Gasteiger partial charge in [0.1, 0.15) is 22.9 Å². The van der Waals surface area contributed by atoms with Gasteiger partial charge in [0.15, 0.2) is 5.52 Å². The van der Waals surface area contributed by atoms with E-state index in [9.17, 15) is 9.18 Å². The van der Waals surface area contributed by atoms with Crippen molar-refractivity contribution in [1.29, 1.82) is 0 Å². The number of halogens is 2. The number of nitrogens with zero attached hydrogens (tertiary/aromatic N) is 7. The molecule has 6 rings (SSSR count). The van der Waals surface area contributed by atoms with Crippen molar-refractivity contribution in [3.63, 3.8) is 0 Å². The van der Waals surface area contributed by atoms with Gasteiger partial charge in [0.2, 0.25) is 5.95 Å². The predicted octanol–water partition coefficient (Wildman–Crippen LogP) is 3.55. The van der Waals surface area contributed by atoms with Crippen molar-refractivity contribution in [1.82, 2.24) is 29.3 Å². The molecule has 0 amide bonds. The number of hydrogen-bond acceptors (Lipinski definition) is 7. The van der Waals surface area contributed by atoms with Gasteiger partial charge in [-0.3, -0.25) is 14.0 Å². The second-order valence-electron chi connectivity index (χ2n) is 8.53. The van der Waals surface area contributed by atoms with E-state index in [4.69, 9.17) is 16.3 Å². The summed E-state index contributed by atoms with van der Waals surface area (Å²) in [7, 11) is 1.63. The summed E-state index contributed by atoms with van der Waals surface area (Å²) < 4.78 is 23.4. The Morgan fingerprint density at radius 2 is 1.89 bits per heavy atom. The van der Waals surface area contributed by atoms with E-state index in [0.717, 1.165) is 6.04 Å². The van der Waals surface area contributed by atoms with Crippen molar-refractivity contribution in [2.24, 2.45) is 7.05 Å². The smallest absolute Gasteiger partial charge is 0.279 e. The van der Waals surface area contributed by atoms with Crippen LogP contribution in [0, 0.1) is 12.7 Å². The molecule has 0 atom stereocenters. The lowest BCUT2D eigenvalue weighted by Gasteiger charge is -2.27. The first-order chi connectivity index (χ1) is 16.9. The highest BCUT2D eigenvalue weighted by Crippen LogP contribution is 2.33. The van der Waals surface area contributed by atoms with Gasteiger partial charge >= 0.3 is 0 Å². The van der Waals surface area contributed by atoms with Crippen LogP contribution in [0.15, 0.2) is 41.5 Å². The molecule has 0 spiro atoms. The summed E-state index contributed by atoms with van der Waals surface area (Å²) in [5, 5.41) is 4.38. The van der Waals surface area contributed by atoms with Crippen molar-refractivity contribution < 1.29 is 9.13 Å². The van der Waals surface area contributed by atoms with Gasteiger partial charge in [-0.25, -0.2) is 19.3 Å². The number of ether oxygens (including phenoxy) is 1. The summed E-state index contributed by atoms with van der Waals surface area (Å²) in [6.07, 6.45) is 6.50. The first-order valence-corrected chi connectivity index (χ1v) is 11.8. The van der Waals surface area contributed by atoms with Crippen molar-refractivity contribution in [3.8, 4) is 11.3 Å². The fraction of sp³-hybridized carbons (Fsp3) is 0.375. The van der Waals surface area contributed by atoms with Gasteiger partial charge in [-0.2, -0.15) is 5.10 Å². The van der Waals surface area contributed by atoms with E-state index in [2.05, 4.69) is 20.1 Å². The summed E-state index contributed by atoms with van der Waals surface area (Å²) >= 11 is 5.88. The third kappa shape index (κ3) is 4.89. The molecule has 0 radical (unpaired) electrons. The zero-order chi connectivity index (χ0) is 24.5. The summed E-state index contributed by atoms with van der Waals surface area (Å²) in [6, 6.07) is 7.05. The van der Waals surface area contributed by atoms with Crippen LogP contribution in [0.1, 0.15) is 24.7 Å². The Kier molecular flexibility index (Phi) is 6.48. The van der Waals surface area contributed by atoms with Crippen molar-refractivity contribution in [2.45, 2.75) is 25.8 Å². The molecule has 182 valence electrons. The molecule has 0 bridgehead atoms. The second kappa shape index (κ2) is 9.71. The van der Waals surface area contributed by atoms with Crippen LogP contribution in [-0.2, 0) is 11.8 Å². The van der Waals surface area contributed by atoms with Crippen LogP contribution in [0.25, 0.3) is 22.3 Å². The van der Waals surface area contributed by atoms with E-state index >= 15 is 0 Å². The average molecular weight is 498 g/mol. The fourth-order valence-electron chi connectivity index (χ4n) is 3.85. The molecule has 35 heavy (non-hydrogen) atoms. The van der Waals surface area contributed by atoms with Crippen LogP contribution in [-0.4, -0.2) is 55.6 Å². The Hall–Kier alpha value is -3.37. The molecule has 11 heteroatoms. The average Bonchev–Trinajstić information content (AvgIpc) is 3.57. The Morgan fingerprint density at radius 3 is 2.54 bits per heavy atom. The largest absolute Gasteiger partial charge is 0.378 e. The minimum atomic E-state index is -0.532. The number of rotatable bonds is 3. The number of aromatic nitrogens is 6. The lowest BCUT2D eigenvalue weighted by molar-refractivity contribution is 0.122. The van der Waals surface area contributed by atoms with Crippen LogP contribution in [0.5, 0.6) is 0 Å². The quantitative estimate of drug-likeness (QED) is 0.427. The van der Waals surface area contributed by atoms with E-state index in [1.54, 1.807) is 20.0 Å². The number of hydrogen-bond donors (Lipinski definition) is 0. The van der Waals surface area contributed by atoms with Gasteiger partial charge in [0.25, 0.3) is 5.56 Å². The lowest BCUT2D eigenvalue weighted by atomic mass is 10.1. The maximum Gasteiger partial charge on any atom is 0.279 e. The van der Waals surface area contributed by atoms with Gasteiger partial charge in [-0.1, -0.05) is 11.6 Å². The Morgan fingerprint density at radius 1 is 1.11 bits per heavy atom. The minimum absolute atomic E-state index is 0.156. The second-order valence-corrected chi connectivity index (χ2v) is 8.97. The number of morpholine rings is 1. The molecule has 1 aliphatic heterocycles. The van der Waals surface area contributed by atoms with Crippen molar-refractivity contribution >= 4 is 28.6 Å². The molecule has 0 N–H and O–H groups in total. The van der Waals surface area contributed by atoms with Gasteiger partial charge in [0, 0.05) is 43.1 Å². The van der Waals surface area contributed by atoms with Crippen LogP contribution < -0.4 is 10.5 Å². The molecule has 1 saturated carbocycles. The third-order valence-electron chi connectivity index (χ3n) is 6.06. The van der Waals surface area contributed by atoms with Gasteiger partial charge < -0.3 is 9.64 Å². The SMILES string of the molecule is Cc1nc2c(-c3ccc(Cl)cc3F)nc(N3CCOCC3)nc2c(=O)n1C.c1cnn(C2CC2)c1. The summed E-state index contributed by atoms with van der Waals surface area (Å²) in [6.45, 7) is 3.96. The summed E-state index contributed by atoms with van der Waals surface area (Å²) in [4.78, 5) is 28.2. The monoisotopic (exact) mass is 497 g/mol. The van der Waals surface area contributed by atoms with E-state index in [1.165, 1.54) is 29.5 Å². The van der Waals surface area contributed by atoms with E-state index < -0.39 is 5.82 Å². The Labute approximate surface area is 206 Å². The number of anilines is 1. The first kappa shape index (κ1) is 23.4. The number of aryl methyl sites for hydroxylation is 1. The van der Waals surface area contributed by atoms with Gasteiger partial charge in [-0.15, -0.1) is 0 Å². The molecule has 1 aliphatic carbocycles. The van der Waals surface area contributed by atoms with Gasteiger partial charge in [-0.05, 0) is 44.0 Å². The highest BCUT2D eigenvalue weighted by molar-refractivity contribution is 6.30. The van der Waals surface area contributed by atoms with Crippen molar-refractivity contribution in [3.05, 3.63) is 63.7 Å². The molecule has 1 aromatic carbocycles. The zero-order valence-electron chi connectivity index (χ0n) is 19.5. The molecule has 1 saturated heterocycles. The molecule has 2 fully saturated rings. The van der Waals surface area contributed by atoms with E-state index in [1.807, 2.05) is 28.0 Å². The Bertz CT molecular complexity index is 1410. The fourth-order valence-corrected chi connectivity index (χ4v) is 4.01. The molecule has 3 aromatic heterocycles. The molecule has 9 nitrogen and oxygen atoms in total. The maximum absolute atomic E-state index is 14.6. The molecule has 4 aromatic rings. The van der Waals surface area contributed by atoms with Gasteiger partial charge in [0.05, 0.1) is 19.3 Å². The first-order valence-electron chi connectivity index (χ1n) is 11.4. The van der Waals surface area contributed by atoms with Crippen LogP contribution in [0.3, 0.4) is 0 Å². The molecule has 4 heterocycles. The minimum Gasteiger partial charge on any atom is -0.378 e. The van der Waals surface area contributed by atoms with E-state index in [0.29, 0.717) is 38.1 Å². The van der Waals surface area contributed by atoms with Crippen LogP contribution >= 0.6 is 11.6 Å². The predicted molar refractivity (Wildman–Crippen MR) is 131 cm³/mol. The maximum atomic E-state index is 14.6. The van der Waals surface area contributed by atoms with Crippen LogP contribution in [0.2, 0.25) is 5.02 Å². The van der Waals surface area contributed by atoms with Crippen LogP contribution in [0.4, 0.5) is 10.3 Å². The molecule has 0 unspecified atom stereocenters. The number of fused-ring (bicyclic) bond motifs is 1. The standard InChI is InChI=1S/C18H17ClFN5O2.C6H8N2/c1-10-21-15-14(12-4-3-11(19)9-13(12)20)22-18(25-5-7-27-8-6-25)23-16(15)17(26)24(10)2;1-4-7-8(5-1)6-2-3-6/h3-4,9H,5-8H2,1-2H3;1,4-6H,2-3H2. The topological polar surface area (TPSA) is 91.0 Å². The molecular formula is C24H25ClFN7O2. The van der Waals surface area contributed by atoms with E-state index in [-0.39, 0.29) is 32.9 Å². The normalized spacial score (nSPS) is 15.7. The summed E-state index contributed by atoms with van der Waals surface area (Å²) in [5.41, 5.74) is 0.626. The highest BCUT2D eigenvalue weighted by Gasteiger charge is 2.23. The number of benzene rings is 1. The third-order valence-corrected chi connectivity index (χ3v) is 6.30. The zero-order valence-corrected chi connectivity index (χ0v) is 20.2. The van der Waals surface area contributed by atoms with Crippen molar-refractivity contribution in [2.75, 3.05) is 31.2 Å². The Balaban J connectivity index is 0.000000265. The lowest BCUT2D eigenvalue weighted by Crippen LogP contribution is -2.37. The summed E-state index contributed by atoms with van der Waals surface area (Å²) in [5.74, 6) is 0.319. The highest BCUT2D eigenvalue weighted by atomic mass is 35.5. The molecular weight excluding hydrogens is 473 g/mol. The molecule has 2 aliphatic rings.